The van der Waals surface area contributed by atoms with Gasteiger partial charge >= 0.3 is 31.1 Å². The fourth-order valence-electron chi connectivity index (χ4n) is 2.34. The van der Waals surface area contributed by atoms with Gasteiger partial charge in [0.1, 0.15) is 0 Å². The summed E-state index contributed by atoms with van der Waals surface area (Å²) in [5.41, 5.74) is -9.46. The Hall–Kier alpha value is -1.25. The Bertz CT molecular complexity index is 608. The molecule has 0 fully saturated rings. The molecule has 0 aliphatic heterocycles. The second-order valence-electron chi connectivity index (χ2n) is 7.04. The minimum absolute atomic E-state index is 0.580. The molecule has 0 amide bonds. The highest BCUT2D eigenvalue weighted by molar-refractivity contribution is 4.94. The smallest absolute Gasteiger partial charge is 0.383 e. The van der Waals surface area contributed by atoms with Crippen molar-refractivity contribution in [2.75, 3.05) is 60.0 Å². The van der Waals surface area contributed by atoms with Gasteiger partial charge in [-0.15, -0.1) is 13.2 Å². The minimum Gasteiger partial charge on any atom is -0.383 e. The lowest BCUT2D eigenvalue weighted by atomic mass is 9.88. The van der Waals surface area contributed by atoms with E-state index in [0.717, 1.165) is 0 Å². The summed E-state index contributed by atoms with van der Waals surface area (Å²) in [6, 6.07) is 0. The third-order valence-electron chi connectivity index (χ3n) is 4.48. The predicted octanol–water partition coefficient (Wildman–Crippen LogP) is 5.44. The Kier molecular flexibility index (Phi) is 12.1. The van der Waals surface area contributed by atoms with Crippen LogP contribution in [0.25, 0.3) is 0 Å². The van der Waals surface area contributed by atoms with Gasteiger partial charge in [-0.3, -0.25) is 4.74 Å². The summed E-state index contributed by atoms with van der Waals surface area (Å²) in [5.74, 6) is 0. The highest BCUT2D eigenvalue weighted by Gasteiger charge is 2.72. The summed E-state index contributed by atoms with van der Waals surface area (Å²) < 4.78 is 212. The molecule has 0 rings (SSSR count). The van der Waals surface area contributed by atoms with Crippen molar-refractivity contribution in [1.29, 1.82) is 0 Å². The Morgan fingerprint density at radius 3 is 1.00 bits per heavy atom. The third-order valence-corrected chi connectivity index (χ3v) is 4.48. The average molecular weight is 576 g/mol. The molecule has 0 aromatic heterocycles. The topological polar surface area (TPSA) is 46.2 Å². The van der Waals surface area contributed by atoms with Crippen LogP contribution in [0.15, 0.2) is 0 Å². The van der Waals surface area contributed by atoms with E-state index in [9.17, 15) is 65.9 Å². The van der Waals surface area contributed by atoms with Crippen LogP contribution in [0.4, 0.5) is 65.9 Å². The SMILES string of the molecule is COCC(COCCOCCOCC(COC(F)(F)F)(C(F)(F)F)C(F)(F)F)(C(F)(F)F)C(F)(F)F. The number of hydrogen-bond acceptors (Lipinski definition) is 5. The first-order valence-corrected chi connectivity index (χ1v) is 9.17. The Labute approximate surface area is 192 Å². The number of rotatable bonds is 14. The molecule has 0 radical (unpaired) electrons. The molecule has 20 heteroatoms. The molecule has 0 saturated heterocycles. The van der Waals surface area contributed by atoms with E-state index in [-0.39, 0.29) is 0 Å². The van der Waals surface area contributed by atoms with Crippen LogP contribution >= 0.6 is 0 Å². The maximum Gasteiger partial charge on any atom is 0.522 e. The van der Waals surface area contributed by atoms with Gasteiger partial charge in [-0.05, 0) is 0 Å². The lowest BCUT2D eigenvalue weighted by molar-refractivity contribution is -0.400. The maximum absolute atomic E-state index is 13.0. The zero-order chi connectivity index (χ0) is 28.7. The number of halogens is 15. The van der Waals surface area contributed by atoms with Gasteiger partial charge in [-0.2, -0.15) is 52.7 Å². The monoisotopic (exact) mass is 576 g/mol. The highest BCUT2D eigenvalue weighted by Crippen LogP contribution is 2.52. The number of alkyl halides is 15. The zero-order valence-electron chi connectivity index (χ0n) is 17.9. The summed E-state index contributed by atoms with van der Waals surface area (Å²) in [5, 5.41) is 0. The molecule has 0 aromatic rings. The first-order chi connectivity index (χ1) is 16.0. The summed E-state index contributed by atoms with van der Waals surface area (Å²) in [4.78, 5) is 0. The fourth-order valence-corrected chi connectivity index (χ4v) is 2.34. The third kappa shape index (κ3) is 9.25. The normalized spacial score (nSPS) is 15.0. The summed E-state index contributed by atoms with van der Waals surface area (Å²) in [6.07, 6.45) is -30.1. The number of methoxy groups -OCH3 is 1. The molecule has 0 N–H and O–H groups in total. The van der Waals surface area contributed by atoms with Crippen molar-refractivity contribution >= 4 is 0 Å². The van der Waals surface area contributed by atoms with Crippen molar-refractivity contribution in [2.45, 2.75) is 31.1 Å². The molecule has 0 aliphatic carbocycles. The van der Waals surface area contributed by atoms with Crippen molar-refractivity contribution in [3.63, 3.8) is 0 Å². The van der Waals surface area contributed by atoms with E-state index < -0.39 is 94.8 Å². The van der Waals surface area contributed by atoms with E-state index in [2.05, 4.69) is 23.7 Å². The van der Waals surface area contributed by atoms with Crippen molar-refractivity contribution in [2.24, 2.45) is 10.8 Å². The van der Waals surface area contributed by atoms with Gasteiger partial charge in [0.15, 0.2) is 0 Å². The first-order valence-electron chi connectivity index (χ1n) is 9.17. The molecule has 0 aliphatic rings. The van der Waals surface area contributed by atoms with Crippen LogP contribution in [-0.4, -0.2) is 91.0 Å². The van der Waals surface area contributed by atoms with Gasteiger partial charge in [0.25, 0.3) is 0 Å². The fraction of sp³-hybridized carbons (Fsp3) is 1.00. The maximum atomic E-state index is 13.0. The second kappa shape index (κ2) is 12.5. The van der Waals surface area contributed by atoms with Crippen LogP contribution in [0.2, 0.25) is 0 Å². The van der Waals surface area contributed by atoms with Crippen LogP contribution < -0.4 is 0 Å². The average Bonchev–Trinajstić information content (AvgIpc) is 2.63. The standard InChI is InChI=1S/C16H19F15O5/c1-32-6-10(12(17,18)19,13(20,21)22)7-34-4-2-33-3-5-35-8-11(14(23,24)25,15(26,27)28)9-36-16(29,30)31/h2-9H2,1H3. The Balaban J connectivity index is 4.84. The van der Waals surface area contributed by atoms with Crippen molar-refractivity contribution < 1.29 is 89.5 Å². The molecule has 0 saturated carbocycles. The van der Waals surface area contributed by atoms with Crippen LogP contribution in [0.5, 0.6) is 0 Å². The first kappa shape index (κ1) is 34.8. The lowest BCUT2D eigenvalue weighted by Gasteiger charge is -2.36. The zero-order valence-corrected chi connectivity index (χ0v) is 17.9. The predicted molar refractivity (Wildman–Crippen MR) is 85.4 cm³/mol. The van der Waals surface area contributed by atoms with Crippen molar-refractivity contribution in [3.8, 4) is 0 Å². The van der Waals surface area contributed by atoms with E-state index in [0.29, 0.717) is 7.11 Å². The molecule has 36 heavy (non-hydrogen) atoms. The van der Waals surface area contributed by atoms with Crippen molar-refractivity contribution in [3.05, 3.63) is 0 Å². The molecule has 218 valence electrons. The minimum atomic E-state index is -6.29. The van der Waals surface area contributed by atoms with E-state index in [4.69, 9.17) is 0 Å². The van der Waals surface area contributed by atoms with E-state index in [1.54, 1.807) is 0 Å². The van der Waals surface area contributed by atoms with Gasteiger partial charge in [-0.1, -0.05) is 0 Å². The summed E-state index contributed by atoms with van der Waals surface area (Å²) >= 11 is 0. The van der Waals surface area contributed by atoms with Gasteiger partial charge in [0.05, 0.1) is 52.9 Å². The van der Waals surface area contributed by atoms with Crippen LogP contribution in [-0.2, 0) is 23.7 Å². The summed E-state index contributed by atoms with van der Waals surface area (Å²) in [6.45, 7) is -12.7. The van der Waals surface area contributed by atoms with E-state index in [1.165, 1.54) is 0 Å². The van der Waals surface area contributed by atoms with Gasteiger partial charge in [0.2, 0.25) is 10.8 Å². The molecule has 0 unspecified atom stereocenters. The summed E-state index contributed by atoms with van der Waals surface area (Å²) in [7, 11) is 0.580. The molecule has 0 spiro atoms. The highest BCUT2D eigenvalue weighted by atomic mass is 19.4. The second-order valence-corrected chi connectivity index (χ2v) is 7.04. The molecule has 0 bridgehead atoms. The van der Waals surface area contributed by atoms with Gasteiger partial charge < -0.3 is 18.9 Å². The largest absolute Gasteiger partial charge is 0.522 e. The van der Waals surface area contributed by atoms with Gasteiger partial charge in [-0.25, -0.2) is 0 Å². The Morgan fingerprint density at radius 2 is 0.722 bits per heavy atom. The quantitative estimate of drug-likeness (QED) is 0.204. The van der Waals surface area contributed by atoms with Crippen molar-refractivity contribution in [1.82, 2.24) is 0 Å². The number of ether oxygens (including phenoxy) is 5. The lowest BCUT2D eigenvalue weighted by Crippen LogP contribution is -2.57. The van der Waals surface area contributed by atoms with Crippen LogP contribution in [0, 0.1) is 10.8 Å². The molecule has 0 atom stereocenters. The Morgan fingerprint density at radius 1 is 0.417 bits per heavy atom. The van der Waals surface area contributed by atoms with Gasteiger partial charge in [0, 0.05) is 7.11 Å². The number of hydrogen-bond donors (Lipinski definition) is 0. The molecule has 5 nitrogen and oxygen atoms in total. The molecule has 0 aromatic carbocycles. The molecular formula is C16H19F15O5. The molecule has 0 heterocycles. The van der Waals surface area contributed by atoms with E-state index in [1.807, 2.05) is 0 Å². The van der Waals surface area contributed by atoms with E-state index >= 15 is 0 Å². The molecular weight excluding hydrogens is 557 g/mol. The van der Waals surface area contributed by atoms with Crippen LogP contribution in [0.1, 0.15) is 0 Å². The van der Waals surface area contributed by atoms with Crippen LogP contribution in [0.3, 0.4) is 0 Å².